The Morgan fingerprint density at radius 1 is 1.33 bits per heavy atom. The number of furan rings is 1. The molecule has 0 unspecified atom stereocenters. The minimum atomic E-state index is -0.0621. The van der Waals surface area contributed by atoms with Crippen LogP contribution in [0, 0.1) is 12.8 Å². The number of aromatic nitrogens is 3. The van der Waals surface area contributed by atoms with Gasteiger partial charge in [0.2, 0.25) is 0 Å². The van der Waals surface area contributed by atoms with Crippen LogP contribution in [0.3, 0.4) is 0 Å². The van der Waals surface area contributed by atoms with Gasteiger partial charge in [0.05, 0.1) is 11.4 Å². The Kier molecular flexibility index (Phi) is 3.59. The van der Waals surface area contributed by atoms with E-state index >= 15 is 0 Å². The number of rotatable bonds is 2. The highest BCUT2D eigenvalue weighted by molar-refractivity contribution is 6.03. The Hall–Kier alpha value is -2.63. The molecule has 4 rings (SSSR count). The van der Waals surface area contributed by atoms with E-state index in [0.29, 0.717) is 23.8 Å². The topological polar surface area (TPSA) is 75.0 Å². The molecule has 0 bridgehead atoms. The van der Waals surface area contributed by atoms with Gasteiger partial charge < -0.3 is 14.3 Å². The van der Waals surface area contributed by atoms with E-state index in [9.17, 15) is 4.79 Å². The lowest BCUT2D eigenvalue weighted by molar-refractivity contribution is 0.0515. The van der Waals surface area contributed by atoms with Gasteiger partial charge in [0.15, 0.2) is 0 Å². The summed E-state index contributed by atoms with van der Waals surface area (Å²) in [6.45, 7) is 4.86. The van der Waals surface area contributed by atoms with E-state index in [1.807, 2.05) is 30.0 Å². The lowest BCUT2D eigenvalue weighted by Gasteiger charge is -2.37. The van der Waals surface area contributed by atoms with Crippen LogP contribution < -0.4 is 0 Å². The maximum absolute atomic E-state index is 13.2. The number of amides is 1. The van der Waals surface area contributed by atoms with Crippen molar-refractivity contribution in [3.63, 3.8) is 0 Å². The second-order valence-corrected chi connectivity index (χ2v) is 6.55. The van der Waals surface area contributed by atoms with Crippen molar-refractivity contribution in [3.8, 4) is 0 Å². The van der Waals surface area contributed by atoms with Crippen LogP contribution in [-0.4, -0.2) is 32.3 Å². The molecule has 24 heavy (non-hydrogen) atoms. The summed E-state index contributed by atoms with van der Waals surface area (Å²) in [5, 5.41) is 0.760. The van der Waals surface area contributed by atoms with E-state index in [0.717, 1.165) is 29.7 Å². The predicted molar refractivity (Wildman–Crippen MR) is 89.5 cm³/mol. The van der Waals surface area contributed by atoms with Gasteiger partial charge in [0, 0.05) is 12.7 Å². The van der Waals surface area contributed by atoms with Crippen LogP contribution in [0.5, 0.6) is 0 Å². The number of aryl methyl sites for hydroxylation is 1. The van der Waals surface area contributed by atoms with Gasteiger partial charge in [-0.05, 0) is 43.9 Å². The van der Waals surface area contributed by atoms with E-state index in [2.05, 4.69) is 21.9 Å². The molecule has 3 aromatic heterocycles. The number of hydrogen-bond acceptors (Lipinski definition) is 4. The fourth-order valence-corrected chi connectivity index (χ4v) is 3.47. The van der Waals surface area contributed by atoms with E-state index in [1.54, 1.807) is 6.20 Å². The van der Waals surface area contributed by atoms with Gasteiger partial charge in [-0.1, -0.05) is 6.92 Å². The van der Waals surface area contributed by atoms with E-state index in [-0.39, 0.29) is 11.9 Å². The van der Waals surface area contributed by atoms with Crippen LogP contribution in [0.4, 0.5) is 0 Å². The van der Waals surface area contributed by atoms with E-state index in [1.165, 1.54) is 6.33 Å². The Labute approximate surface area is 139 Å². The van der Waals surface area contributed by atoms with Crippen molar-refractivity contribution in [1.29, 1.82) is 0 Å². The van der Waals surface area contributed by atoms with Crippen LogP contribution in [0.15, 0.2) is 35.1 Å². The lowest BCUT2D eigenvalue weighted by Crippen LogP contribution is -2.41. The SMILES string of the molecule is Cc1ccc([C@H]2C[C@H](C)CCN2C(=O)c2ncnc3[nH]ccc23)o1. The van der Waals surface area contributed by atoms with Gasteiger partial charge >= 0.3 is 0 Å². The third-order valence-corrected chi connectivity index (χ3v) is 4.77. The molecule has 1 fully saturated rings. The quantitative estimate of drug-likeness (QED) is 0.783. The molecule has 6 nitrogen and oxygen atoms in total. The van der Waals surface area contributed by atoms with Crippen LogP contribution in [-0.2, 0) is 0 Å². The number of hydrogen-bond donors (Lipinski definition) is 1. The highest BCUT2D eigenvalue weighted by Crippen LogP contribution is 2.36. The van der Waals surface area contributed by atoms with Crippen LogP contribution >= 0.6 is 0 Å². The fraction of sp³-hybridized carbons (Fsp3) is 0.389. The molecule has 0 spiro atoms. The molecule has 0 radical (unpaired) electrons. The highest BCUT2D eigenvalue weighted by Gasteiger charge is 2.34. The monoisotopic (exact) mass is 324 g/mol. The van der Waals surface area contributed by atoms with Gasteiger partial charge in [0.25, 0.3) is 5.91 Å². The molecule has 1 aliphatic rings. The highest BCUT2D eigenvalue weighted by atomic mass is 16.3. The number of likely N-dealkylation sites (tertiary alicyclic amines) is 1. The number of H-pyrrole nitrogens is 1. The minimum Gasteiger partial charge on any atom is -0.464 e. The Morgan fingerprint density at radius 2 is 2.21 bits per heavy atom. The summed E-state index contributed by atoms with van der Waals surface area (Å²) in [5.41, 5.74) is 1.13. The number of aromatic amines is 1. The first-order valence-corrected chi connectivity index (χ1v) is 8.29. The molecule has 0 aliphatic carbocycles. The number of nitrogens with one attached hydrogen (secondary N) is 1. The number of piperidine rings is 1. The Balaban J connectivity index is 1.72. The molecular weight excluding hydrogens is 304 g/mol. The van der Waals surface area contributed by atoms with E-state index < -0.39 is 0 Å². The summed E-state index contributed by atoms with van der Waals surface area (Å²) < 4.78 is 5.83. The average molecular weight is 324 g/mol. The zero-order valence-corrected chi connectivity index (χ0v) is 13.8. The summed E-state index contributed by atoms with van der Waals surface area (Å²) >= 11 is 0. The zero-order valence-electron chi connectivity index (χ0n) is 13.8. The molecular formula is C18H20N4O2. The average Bonchev–Trinajstić information content (AvgIpc) is 3.22. The van der Waals surface area contributed by atoms with Gasteiger partial charge in [-0.25, -0.2) is 9.97 Å². The predicted octanol–water partition coefficient (Wildman–Crippen LogP) is 3.47. The fourth-order valence-electron chi connectivity index (χ4n) is 3.47. The molecule has 1 saturated heterocycles. The smallest absolute Gasteiger partial charge is 0.273 e. The van der Waals surface area contributed by atoms with Crippen molar-refractivity contribution in [2.24, 2.45) is 5.92 Å². The van der Waals surface area contributed by atoms with Crippen molar-refractivity contribution in [2.45, 2.75) is 32.7 Å². The molecule has 6 heteroatoms. The summed E-state index contributed by atoms with van der Waals surface area (Å²) in [5.74, 6) is 2.22. The molecule has 1 aliphatic heterocycles. The van der Waals surface area contributed by atoms with Crippen molar-refractivity contribution in [2.75, 3.05) is 6.54 Å². The minimum absolute atomic E-state index is 0.0427. The largest absolute Gasteiger partial charge is 0.464 e. The van der Waals surface area contributed by atoms with Crippen LogP contribution in [0.2, 0.25) is 0 Å². The van der Waals surface area contributed by atoms with Gasteiger partial charge in [0.1, 0.15) is 29.2 Å². The molecule has 1 amide bonds. The number of carbonyl (C=O) groups is 1. The first kappa shape index (κ1) is 14.9. The van der Waals surface area contributed by atoms with Gasteiger partial charge in [-0.3, -0.25) is 4.79 Å². The molecule has 2 atom stereocenters. The third-order valence-electron chi connectivity index (χ3n) is 4.77. The summed E-state index contributed by atoms with van der Waals surface area (Å²) in [4.78, 5) is 26.5. The number of carbonyl (C=O) groups excluding carboxylic acids is 1. The first-order chi connectivity index (χ1) is 11.6. The molecule has 0 aromatic carbocycles. The summed E-state index contributed by atoms with van der Waals surface area (Å²) in [7, 11) is 0. The molecule has 3 aromatic rings. The maximum atomic E-state index is 13.2. The molecule has 0 saturated carbocycles. The molecule has 4 heterocycles. The lowest BCUT2D eigenvalue weighted by atomic mass is 9.90. The third kappa shape index (κ3) is 2.48. The molecule has 1 N–H and O–H groups in total. The second-order valence-electron chi connectivity index (χ2n) is 6.55. The first-order valence-electron chi connectivity index (χ1n) is 8.29. The van der Waals surface area contributed by atoms with Crippen molar-refractivity contribution >= 4 is 16.9 Å². The zero-order chi connectivity index (χ0) is 16.7. The van der Waals surface area contributed by atoms with E-state index in [4.69, 9.17) is 4.42 Å². The summed E-state index contributed by atoms with van der Waals surface area (Å²) in [6.07, 6.45) is 5.11. The van der Waals surface area contributed by atoms with Crippen molar-refractivity contribution in [1.82, 2.24) is 19.9 Å². The van der Waals surface area contributed by atoms with Crippen molar-refractivity contribution in [3.05, 3.63) is 47.9 Å². The van der Waals surface area contributed by atoms with Gasteiger partial charge in [-0.15, -0.1) is 0 Å². The van der Waals surface area contributed by atoms with Gasteiger partial charge in [-0.2, -0.15) is 0 Å². The summed E-state index contributed by atoms with van der Waals surface area (Å²) in [6, 6.07) is 5.73. The standard InChI is InChI=1S/C18H20N4O2/c1-11-6-8-22(14(9-11)15-4-3-12(2)24-15)18(23)16-13-5-7-19-17(13)21-10-20-16/h3-5,7,10-11,14H,6,8-9H2,1-2H3,(H,19,20,21)/t11-,14-/m1/s1. The number of fused-ring (bicyclic) bond motifs is 1. The van der Waals surface area contributed by atoms with Crippen LogP contribution in [0.1, 0.15) is 47.8 Å². The Morgan fingerprint density at radius 3 is 3.00 bits per heavy atom. The Bertz CT molecular complexity index is 882. The number of nitrogens with zero attached hydrogens (tertiary/aromatic N) is 3. The normalized spacial score (nSPS) is 21.3. The maximum Gasteiger partial charge on any atom is 0.273 e. The van der Waals surface area contributed by atoms with Crippen molar-refractivity contribution < 1.29 is 9.21 Å². The van der Waals surface area contributed by atoms with Crippen LogP contribution in [0.25, 0.3) is 11.0 Å². The molecule has 124 valence electrons. The second kappa shape index (κ2) is 5.78.